The topological polar surface area (TPSA) is 128 Å². The fourth-order valence-electron chi connectivity index (χ4n) is 3.27. The van der Waals surface area contributed by atoms with E-state index < -0.39 is 14.9 Å². The molecule has 2 N–H and O–H groups in total. The van der Waals surface area contributed by atoms with Crippen molar-refractivity contribution < 1.29 is 18.1 Å². The lowest BCUT2D eigenvalue weighted by Crippen LogP contribution is -2.17. The minimum Gasteiger partial charge on any atom is -0.495 e. The Bertz CT molecular complexity index is 1220. The van der Waals surface area contributed by atoms with Gasteiger partial charge in [0.1, 0.15) is 10.6 Å². The Labute approximate surface area is 186 Å². The number of aryl methyl sites for hydroxylation is 3. The zero-order valence-corrected chi connectivity index (χ0v) is 18.8. The van der Waals surface area contributed by atoms with Crippen LogP contribution in [0.4, 0.5) is 17.1 Å². The molecule has 0 aliphatic heterocycles. The lowest BCUT2D eigenvalue weighted by molar-refractivity contribution is -0.385. The van der Waals surface area contributed by atoms with Crippen molar-refractivity contribution in [2.75, 3.05) is 23.7 Å². The second kappa shape index (κ2) is 9.69. The number of methoxy groups -OCH3 is 1. The molecule has 0 fully saturated rings. The Morgan fingerprint density at radius 2 is 1.88 bits per heavy atom. The number of hydrogen-bond acceptors (Lipinski definition) is 7. The molecule has 0 radical (unpaired) electrons. The van der Waals surface area contributed by atoms with E-state index in [1.807, 2.05) is 24.6 Å². The third-order valence-corrected chi connectivity index (χ3v) is 6.19. The van der Waals surface area contributed by atoms with E-state index in [1.54, 1.807) is 24.3 Å². The van der Waals surface area contributed by atoms with Crippen LogP contribution in [0.1, 0.15) is 17.8 Å². The Kier molecular flexibility index (Phi) is 6.98. The smallest absolute Gasteiger partial charge is 0.270 e. The SMILES string of the molecule is COc1ccccc1NS(=O)(=O)c1cc([N+](=O)[O-])ccc1NCCCn1nc(C)cc1C. The number of non-ortho nitro benzene ring substituents is 1. The summed E-state index contributed by atoms with van der Waals surface area (Å²) in [6.07, 6.45) is 0.679. The van der Waals surface area contributed by atoms with E-state index in [9.17, 15) is 18.5 Å². The average Bonchev–Trinajstić information content (AvgIpc) is 3.08. The number of para-hydroxylation sites is 2. The number of hydrogen-bond donors (Lipinski definition) is 2. The Morgan fingerprint density at radius 3 is 2.53 bits per heavy atom. The van der Waals surface area contributed by atoms with Crippen molar-refractivity contribution in [3.05, 3.63) is 70.0 Å². The molecule has 10 nitrogen and oxygen atoms in total. The molecule has 0 bridgehead atoms. The van der Waals surface area contributed by atoms with Crippen molar-refractivity contribution in [1.82, 2.24) is 9.78 Å². The van der Waals surface area contributed by atoms with E-state index in [0.29, 0.717) is 25.3 Å². The molecule has 0 atom stereocenters. The number of nitrogens with zero attached hydrogens (tertiary/aromatic N) is 3. The van der Waals surface area contributed by atoms with Gasteiger partial charge in [-0.2, -0.15) is 5.10 Å². The maximum absolute atomic E-state index is 13.1. The fourth-order valence-corrected chi connectivity index (χ4v) is 4.55. The van der Waals surface area contributed by atoms with Crippen LogP contribution in [0.15, 0.2) is 53.4 Å². The number of nitro benzene ring substituents is 1. The first-order valence-electron chi connectivity index (χ1n) is 9.90. The van der Waals surface area contributed by atoms with Gasteiger partial charge in [0.15, 0.2) is 0 Å². The summed E-state index contributed by atoms with van der Waals surface area (Å²) in [6, 6.07) is 12.2. The molecule has 0 unspecified atom stereocenters. The monoisotopic (exact) mass is 459 g/mol. The van der Waals surface area contributed by atoms with Gasteiger partial charge in [-0.25, -0.2) is 8.42 Å². The van der Waals surface area contributed by atoms with E-state index >= 15 is 0 Å². The minimum atomic E-state index is -4.14. The highest BCUT2D eigenvalue weighted by atomic mass is 32.2. The Balaban J connectivity index is 1.82. The third kappa shape index (κ3) is 5.35. The summed E-state index contributed by atoms with van der Waals surface area (Å²) in [5, 5.41) is 18.7. The van der Waals surface area contributed by atoms with E-state index in [2.05, 4.69) is 15.1 Å². The summed E-state index contributed by atoms with van der Waals surface area (Å²) < 4.78 is 35.8. The maximum atomic E-state index is 13.1. The van der Waals surface area contributed by atoms with Crippen LogP contribution in [0.5, 0.6) is 5.75 Å². The highest BCUT2D eigenvalue weighted by Crippen LogP contribution is 2.31. The molecule has 170 valence electrons. The molecule has 2 aromatic carbocycles. The van der Waals surface area contributed by atoms with E-state index in [-0.39, 0.29) is 22.0 Å². The Morgan fingerprint density at radius 1 is 1.12 bits per heavy atom. The highest BCUT2D eigenvalue weighted by molar-refractivity contribution is 7.93. The molecular weight excluding hydrogens is 434 g/mol. The molecule has 11 heteroatoms. The predicted octanol–water partition coefficient (Wildman–Crippen LogP) is 3.72. The second-order valence-electron chi connectivity index (χ2n) is 7.17. The van der Waals surface area contributed by atoms with Crippen molar-refractivity contribution in [2.45, 2.75) is 31.7 Å². The van der Waals surface area contributed by atoms with Crippen molar-refractivity contribution in [3.63, 3.8) is 0 Å². The summed E-state index contributed by atoms with van der Waals surface area (Å²) >= 11 is 0. The molecule has 1 aromatic heterocycles. The van der Waals surface area contributed by atoms with Crippen LogP contribution in [0.25, 0.3) is 0 Å². The van der Waals surface area contributed by atoms with Crippen LogP contribution in [-0.4, -0.2) is 36.8 Å². The number of nitro groups is 1. The predicted molar refractivity (Wildman–Crippen MR) is 122 cm³/mol. The van der Waals surface area contributed by atoms with Crippen molar-refractivity contribution in [2.24, 2.45) is 0 Å². The second-order valence-corrected chi connectivity index (χ2v) is 8.82. The first-order chi connectivity index (χ1) is 15.2. The summed E-state index contributed by atoms with van der Waals surface area (Å²) in [5.74, 6) is 0.334. The highest BCUT2D eigenvalue weighted by Gasteiger charge is 2.23. The van der Waals surface area contributed by atoms with Crippen LogP contribution < -0.4 is 14.8 Å². The van der Waals surface area contributed by atoms with Crippen LogP contribution >= 0.6 is 0 Å². The molecule has 0 aliphatic carbocycles. The quantitative estimate of drug-likeness (QED) is 0.269. The molecule has 3 rings (SSSR count). The van der Waals surface area contributed by atoms with Crippen LogP contribution in [0.2, 0.25) is 0 Å². The lowest BCUT2D eigenvalue weighted by atomic mass is 10.2. The van der Waals surface area contributed by atoms with Gasteiger partial charge in [-0.15, -0.1) is 0 Å². The Hall–Kier alpha value is -3.60. The van der Waals surface area contributed by atoms with Crippen molar-refractivity contribution in [1.29, 1.82) is 0 Å². The number of rotatable bonds is 10. The molecule has 0 saturated heterocycles. The minimum absolute atomic E-state index is 0.219. The average molecular weight is 460 g/mol. The van der Waals surface area contributed by atoms with Gasteiger partial charge in [-0.05, 0) is 44.5 Å². The number of nitrogens with one attached hydrogen (secondary N) is 2. The van der Waals surface area contributed by atoms with Gasteiger partial charge in [0.2, 0.25) is 0 Å². The van der Waals surface area contributed by atoms with E-state index in [4.69, 9.17) is 4.74 Å². The van der Waals surface area contributed by atoms with Gasteiger partial charge < -0.3 is 10.1 Å². The van der Waals surface area contributed by atoms with Gasteiger partial charge in [0.05, 0.1) is 29.1 Å². The number of aromatic nitrogens is 2. The van der Waals surface area contributed by atoms with Crippen LogP contribution in [0.3, 0.4) is 0 Å². The van der Waals surface area contributed by atoms with E-state index in [1.165, 1.54) is 19.2 Å². The summed E-state index contributed by atoms with van der Waals surface area (Å²) in [6.45, 7) is 5.00. The largest absolute Gasteiger partial charge is 0.495 e. The van der Waals surface area contributed by atoms with Gasteiger partial charge in [-0.1, -0.05) is 12.1 Å². The molecule has 0 amide bonds. The molecule has 0 aliphatic rings. The summed E-state index contributed by atoms with van der Waals surface area (Å²) in [4.78, 5) is 10.4. The number of sulfonamides is 1. The lowest BCUT2D eigenvalue weighted by Gasteiger charge is -2.15. The maximum Gasteiger partial charge on any atom is 0.270 e. The first kappa shape index (κ1) is 23.1. The summed E-state index contributed by atoms with van der Waals surface area (Å²) in [5.41, 5.74) is 2.16. The van der Waals surface area contributed by atoms with Crippen LogP contribution in [-0.2, 0) is 16.6 Å². The first-order valence-corrected chi connectivity index (χ1v) is 11.4. The standard InChI is InChI=1S/C21H25N5O5S/c1-15-13-16(2)25(23-15)12-6-11-22-19-10-9-17(26(27)28)14-21(19)32(29,30)24-18-7-4-5-8-20(18)31-3/h4-5,7-10,13-14,22,24H,6,11-12H2,1-3H3. The third-order valence-electron chi connectivity index (χ3n) is 4.78. The van der Waals surface area contributed by atoms with Gasteiger partial charge in [0, 0.05) is 30.9 Å². The zero-order chi connectivity index (χ0) is 23.3. The molecule has 32 heavy (non-hydrogen) atoms. The van der Waals surface area contributed by atoms with E-state index in [0.717, 1.165) is 17.5 Å². The van der Waals surface area contributed by atoms with Crippen molar-refractivity contribution in [3.8, 4) is 5.75 Å². The molecule has 3 aromatic rings. The normalized spacial score (nSPS) is 11.2. The van der Waals surface area contributed by atoms with Crippen molar-refractivity contribution >= 4 is 27.1 Å². The number of ether oxygens (including phenoxy) is 1. The van der Waals surface area contributed by atoms with Gasteiger partial charge in [0.25, 0.3) is 15.7 Å². The molecule has 1 heterocycles. The van der Waals surface area contributed by atoms with Crippen LogP contribution in [0, 0.1) is 24.0 Å². The summed E-state index contributed by atoms with van der Waals surface area (Å²) in [7, 11) is -2.71. The molecular formula is C21H25N5O5S. The number of benzene rings is 2. The van der Waals surface area contributed by atoms with Gasteiger partial charge >= 0.3 is 0 Å². The molecule has 0 spiro atoms. The zero-order valence-electron chi connectivity index (χ0n) is 18.0. The number of anilines is 2. The molecule has 0 saturated carbocycles. The van der Waals surface area contributed by atoms with Gasteiger partial charge in [-0.3, -0.25) is 19.5 Å². The fraction of sp³-hybridized carbons (Fsp3) is 0.286.